The van der Waals surface area contributed by atoms with Gasteiger partial charge in [-0.2, -0.15) is 0 Å². The molecule has 0 aliphatic heterocycles. The Kier molecular flexibility index (Phi) is 18.3. The minimum atomic E-state index is 0.943. The van der Waals surface area contributed by atoms with Gasteiger partial charge in [-0.25, -0.2) is 0 Å². The predicted octanol–water partition coefficient (Wildman–Crippen LogP) is 11.4. The molecular formula is C36H56N2Pd+. The molecule has 0 bridgehead atoms. The Bertz CT molecular complexity index is 957. The second-order valence-electron chi connectivity index (χ2n) is 11.1. The molecule has 0 amide bonds. The van der Waals surface area contributed by atoms with Gasteiger partial charge in [-0.05, 0) is 0 Å². The van der Waals surface area contributed by atoms with Crippen molar-refractivity contribution in [1.29, 1.82) is 0 Å². The molecule has 0 N–H and O–H groups in total. The first kappa shape index (κ1) is 33.6. The van der Waals surface area contributed by atoms with E-state index < -0.39 is 0 Å². The Morgan fingerprint density at radius 3 is 1.54 bits per heavy atom. The van der Waals surface area contributed by atoms with Crippen LogP contribution in [0.1, 0.15) is 142 Å². The average Bonchev–Trinajstić information content (AvgIpc) is 2.96. The number of aryl methyl sites for hydroxylation is 2. The van der Waals surface area contributed by atoms with E-state index in [4.69, 9.17) is 4.99 Å². The molecule has 219 valence electrons. The summed E-state index contributed by atoms with van der Waals surface area (Å²) in [6.07, 6.45) is 22.8. The van der Waals surface area contributed by atoms with Crippen molar-refractivity contribution in [3.05, 3.63) is 59.7 Å². The van der Waals surface area contributed by atoms with Gasteiger partial charge in [0.15, 0.2) is 0 Å². The fourth-order valence-corrected chi connectivity index (χ4v) is 5.78. The van der Waals surface area contributed by atoms with Gasteiger partial charge in [0.2, 0.25) is 0 Å². The van der Waals surface area contributed by atoms with Crippen LogP contribution in [0.4, 0.5) is 11.4 Å². The van der Waals surface area contributed by atoms with E-state index in [0.29, 0.717) is 0 Å². The van der Waals surface area contributed by atoms with Crippen LogP contribution in [-0.4, -0.2) is 14.6 Å². The Balaban J connectivity index is 2.07. The zero-order chi connectivity index (χ0) is 28.1. The van der Waals surface area contributed by atoms with Crippen LogP contribution in [0.5, 0.6) is 0 Å². The summed E-state index contributed by atoms with van der Waals surface area (Å²) in [5, 5.41) is 0. The van der Waals surface area contributed by atoms with Gasteiger partial charge < -0.3 is 0 Å². The van der Waals surface area contributed by atoms with E-state index in [1.54, 1.807) is 0 Å². The van der Waals surface area contributed by atoms with Crippen LogP contribution in [0.2, 0.25) is 0 Å². The fourth-order valence-electron chi connectivity index (χ4n) is 5.10. The number of hydrogen-bond donors (Lipinski definition) is 0. The summed E-state index contributed by atoms with van der Waals surface area (Å²) in [4.78, 5) is 5.19. The molecule has 0 saturated heterocycles. The van der Waals surface area contributed by atoms with Gasteiger partial charge in [-0.1, -0.05) is 33.1 Å². The predicted molar refractivity (Wildman–Crippen MR) is 169 cm³/mol. The summed E-state index contributed by atoms with van der Waals surface area (Å²) in [7, 11) is 0. The number of aliphatic imine (C=N–C) groups is 1. The number of hydrogen-bond acceptors (Lipinski definition) is 1. The minimum absolute atomic E-state index is 0.943. The molecule has 0 heterocycles. The van der Waals surface area contributed by atoms with Crippen LogP contribution in [0.25, 0.3) is 0 Å². The molecule has 39 heavy (non-hydrogen) atoms. The number of nitrogens with zero attached hydrogens (tertiary/aromatic N) is 2. The van der Waals surface area contributed by atoms with Gasteiger partial charge in [0.1, 0.15) is 0 Å². The van der Waals surface area contributed by atoms with Crippen molar-refractivity contribution in [2.45, 2.75) is 143 Å². The Morgan fingerprint density at radius 1 is 0.590 bits per heavy atom. The van der Waals surface area contributed by atoms with Crippen molar-refractivity contribution < 1.29 is 22.7 Å². The van der Waals surface area contributed by atoms with E-state index in [-0.39, 0.29) is 0 Å². The molecule has 2 rings (SSSR count). The normalized spacial score (nSPS) is 12.6. The van der Waals surface area contributed by atoms with Crippen LogP contribution < -0.4 is 0 Å². The summed E-state index contributed by atoms with van der Waals surface area (Å²) < 4.78 is 2.22. The average molecular weight is 623 g/mol. The molecule has 0 radical (unpaired) electrons. The van der Waals surface area contributed by atoms with Crippen molar-refractivity contribution in [2.24, 2.45) is 4.99 Å². The maximum atomic E-state index is 5.19. The van der Waals surface area contributed by atoms with E-state index >= 15 is 0 Å². The fraction of sp³-hybridized carbons (Fsp3) is 0.611. The third kappa shape index (κ3) is 13.6. The molecule has 0 aromatic heterocycles. The molecule has 0 saturated carbocycles. The molecule has 0 aliphatic rings. The summed E-state index contributed by atoms with van der Waals surface area (Å²) in [5.41, 5.74) is 7.61. The topological polar surface area (TPSA) is 15.4 Å². The Morgan fingerprint density at radius 2 is 1.05 bits per heavy atom. The van der Waals surface area contributed by atoms with Crippen molar-refractivity contribution in [3.63, 3.8) is 0 Å². The molecule has 2 aromatic rings. The molecule has 0 aliphatic carbocycles. The van der Waals surface area contributed by atoms with Crippen LogP contribution in [0, 0.1) is 0 Å². The Labute approximate surface area is 252 Å². The van der Waals surface area contributed by atoms with Crippen molar-refractivity contribution in [2.75, 3.05) is 0 Å². The van der Waals surface area contributed by atoms with Gasteiger partial charge in [-0.15, -0.1) is 0 Å². The van der Waals surface area contributed by atoms with E-state index in [9.17, 15) is 0 Å². The first-order chi connectivity index (χ1) is 19.1. The SMILES string of the molecule is CCCCCCCCc1ccc(N=C(CCCC)C(CC)=[N+]([Pd])c2ccc(CCCCCCCC)cc2)cc1. The van der Waals surface area contributed by atoms with Gasteiger partial charge in [-0.3, -0.25) is 0 Å². The van der Waals surface area contributed by atoms with E-state index in [1.807, 2.05) is 0 Å². The van der Waals surface area contributed by atoms with Crippen LogP contribution in [-0.2, 0) is 32.3 Å². The van der Waals surface area contributed by atoms with Gasteiger partial charge in [0.25, 0.3) is 0 Å². The van der Waals surface area contributed by atoms with Crippen LogP contribution in [0.15, 0.2) is 53.5 Å². The maximum absolute atomic E-state index is 5.19. The third-order valence-corrected chi connectivity index (χ3v) is 8.46. The van der Waals surface area contributed by atoms with Gasteiger partial charge in [0.05, 0.1) is 0 Å². The summed E-state index contributed by atoms with van der Waals surface area (Å²) in [6, 6.07) is 18.1. The number of rotatable bonds is 21. The Hall–Kier alpha value is -1.56. The zero-order valence-corrected chi connectivity index (χ0v) is 27.1. The first-order valence-electron chi connectivity index (χ1n) is 16.2. The third-order valence-electron chi connectivity index (χ3n) is 7.64. The van der Waals surface area contributed by atoms with Crippen LogP contribution in [0.3, 0.4) is 0 Å². The summed E-state index contributed by atoms with van der Waals surface area (Å²) >= 11 is 3.57. The summed E-state index contributed by atoms with van der Waals surface area (Å²) in [5.74, 6) is 0. The first-order valence-corrected chi connectivity index (χ1v) is 16.9. The molecular weight excluding hydrogens is 567 g/mol. The molecule has 0 unspecified atom stereocenters. The molecule has 3 heteroatoms. The van der Waals surface area contributed by atoms with Crippen molar-refractivity contribution in [1.82, 2.24) is 0 Å². The van der Waals surface area contributed by atoms with E-state index in [0.717, 1.165) is 24.9 Å². The van der Waals surface area contributed by atoms with Gasteiger partial charge >= 0.3 is 220 Å². The van der Waals surface area contributed by atoms with Crippen molar-refractivity contribution in [3.8, 4) is 0 Å². The number of benzene rings is 2. The standard InChI is InChI=1S/C36H56N2.Pd/c1-5-9-12-14-16-18-20-31-23-27-33(28-24-31)37-35(8-4)36(22-11-7-3)38-34-29-25-32(26-30-34)21-19-17-15-13-10-6-2;/h23-30H,5-22H2,1-4H3;/q;+1. The van der Waals surface area contributed by atoms with Crippen LogP contribution >= 0.6 is 0 Å². The molecule has 0 spiro atoms. The second kappa shape index (κ2) is 21.2. The van der Waals surface area contributed by atoms with E-state index in [2.05, 4.69) is 98.9 Å². The molecule has 0 atom stereocenters. The summed E-state index contributed by atoms with van der Waals surface area (Å²) in [6.45, 7) is 9.07. The quantitative estimate of drug-likeness (QED) is 0.0747. The molecule has 2 nitrogen and oxygen atoms in total. The second-order valence-corrected chi connectivity index (χ2v) is 11.8. The molecule has 0 fully saturated rings. The van der Waals surface area contributed by atoms with Gasteiger partial charge in [0, 0.05) is 0 Å². The number of unbranched alkanes of at least 4 members (excludes halogenated alkanes) is 11. The van der Waals surface area contributed by atoms with E-state index in [1.165, 1.54) is 125 Å². The molecule has 2 aromatic carbocycles. The van der Waals surface area contributed by atoms with Crippen molar-refractivity contribution >= 4 is 22.8 Å². The monoisotopic (exact) mass is 622 g/mol. The zero-order valence-electron chi connectivity index (χ0n) is 25.6.